The first kappa shape index (κ1) is 15.8. The Bertz CT molecular complexity index is 526. The fourth-order valence-corrected chi connectivity index (χ4v) is 3.08. The molecular formula is C14H25N5O2. The van der Waals surface area contributed by atoms with Gasteiger partial charge in [0.1, 0.15) is 5.69 Å². The molecule has 1 aliphatic heterocycles. The Morgan fingerprint density at radius 1 is 1.48 bits per heavy atom. The molecule has 1 saturated heterocycles. The Balaban J connectivity index is 2.49. The zero-order chi connectivity index (χ0) is 15.7. The molecule has 1 aliphatic rings. The topological polar surface area (TPSA) is 90.2 Å². The van der Waals surface area contributed by atoms with Crippen molar-refractivity contribution in [1.29, 1.82) is 0 Å². The molecule has 2 N–H and O–H groups in total. The van der Waals surface area contributed by atoms with Gasteiger partial charge in [0.05, 0.1) is 4.92 Å². The summed E-state index contributed by atoms with van der Waals surface area (Å²) in [5, 5.41) is 16.0. The van der Waals surface area contributed by atoms with Crippen molar-refractivity contribution in [3.63, 3.8) is 0 Å². The van der Waals surface area contributed by atoms with Crippen LogP contribution in [0.4, 0.5) is 11.5 Å². The van der Waals surface area contributed by atoms with Gasteiger partial charge in [0.25, 0.3) is 0 Å². The number of rotatable bonds is 4. The molecule has 21 heavy (non-hydrogen) atoms. The van der Waals surface area contributed by atoms with Gasteiger partial charge < -0.3 is 10.6 Å². The molecule has 2 rings (SSSR count). The molecule has 7 heteroatoms. The van der Waals surface area contributed by atoms with Crippen molar-refractivity contribution in [1.82, 2.24) is 9.78 Å². The van der Waals surface area contributed by atoms with Crippen LogP contribution in [0.2, 0.25) is 0 Å². The summed E-state index contributed by atoms with van der Waals surface area (Å²) in [7, 11) is 1.78. The van der Waals surface area contributed by atoms with Crippen molar-refractivity contribution in [3.8, 4) is 0 Å². The summed E-state index contributed by atoms with van der Waals surface area (Å²) in [5.74, 6) is 1.03. The molecule has 2 unspecified atom stereocenters. The van der Waals surface area contributed by atoms with Crippen LogP contribution in [-0.2, 0) is 7.05 Å². The van der Waals surface area contributed by atoms with E-state index in [1.54, 1.807) is 11.7 Å². The van der Waals surface area contributed by atoms with Crippen LogP contribution in [0.3, 0.4) is 0 Å². The van der Waals surface area contributed by atoms with E-state index in [9.17, 15) is 10.1 Å². The van der Waals surface area contributed by atoms with Gasteiger partial charge in [-0.15, -0.1) is 0 Å². The predicted octanol–water partition coefficient (Wildman–Crippen LogP) is 2.02. The van der Waals surface area contributed by atoms with Crippen LogP contribution in [0.5, 0.6) is 0 Å². The molecule has 0 amide bonds. The molecule has 7 nitrogen and oxygen atoms in total. The number of hydrogen-bond donors (Lipinski definition) is 1. The minimum Gasteiger partial charge on any atom is -0.348 e. The minimum atomic E-state index is -0.295. The summed E-state index contributed by atoms with van der Waals surface area (Å²) in [5.41, 5.74) is 6.50. The number of hydrogen-bond acceptors (Lipinski definition) is 5. The van der Waals surface area contributed by atoms with Gasteiger partial charge in [-0.1, -0.05) is 13.8 Å². The highest BCUT2D eigenvalue weighted by Crippen LogP contribution is 2.38. The van der Waals surface area contributed by atoms with E-state index in [0.29, 0.717) is 24.0 Å². The number of piperidine rings is 1. The van der Waals surface area contributed by atoms with Gasteiger partial charge in [0.15, 0.2) is 0 Å². The van der Waals surface area contributed by atoms with Crippen LogP contribution in [0, 0.1) is 16.0 Å². The van der Waals surface area contributed by atoms with E-state index in [4.69, 9.17) is 5.73 Å². The SMILES string of the molecule is CC(C)c1nn(C)c(N2CC(CN)CCC2C)c1[N+](=O)[O-]. The molecule has 1 aromatic heterocycles. The highest BCUT2D eigenvalue weighted by molar-refractivity contribution is 5.63. The number of aryl methyl sites for hydroxylation is 1. The number of aromatic nitrogens is 2. The maximum absolute atomic E-state index is 11.6. The second-order valence-electron chi connectivity index (χ2n) is 6.27. The fourth-order valence-electron chi connectivity index (χ4n) is 3.08. The Labute approximate surface area is 125 Å². The number of nitrogens with two attached hydrogens (primary N) is 1. The summed E-state index contributed by atoms with van der Waals surface area (Å²) in [6.45, 7) is 7.35. The lowest BCUT2D eigenvalue weighted by Crippen LogP contribution is -2.45. The van der Waals surface area contributed by atoms with Gasteiger partial charge in [-0.3, -0.25) is 10.1 Å². The zero-order valence-corrected chi connectivity index (χ0v) is 13.2. The standard InChI is InChI=1S/C14H25N5O2/c1-9(2)12-13(19(20)21)14(17(4)16-12)18-8-11(7-15)6-5-10(18)3/h9-11H,5-8,15H2,1-4H3. The van der Waals surface area contributed by atoms with E-state index in [1.807, 2.05) is 13.8 Å². The van der Waals surface area contributed by atoms with Crippen LogP contribution in [0.1, 0.15) is 45.2 Å². The van der Waals surface area contributed by atoms with Crippen molar-refractivity contribution >= 4 is 11.5 Å². The van der Waals surface area contributed by atoms with Crippen molar-refractivity contribution in [3.05, 3.63) is 15.8 Å². The van der Waals surface area contributed by atoms with Gasteiger partial charge >= 0.3 is 5.69 Å². The molecule has 0 spiro atoms. The molecule has 0 radical (unpaired) electrons. The lowest BCUT2D eigenvalue weighted by molar-refractivity contribution is -0.385. The quantitative estimate of drug-likeness (QED) is 0.678. The molecule has 2 heterocycles. The molecule has 2 atom stereocenters. The fraction of sp³-hybridized carbons (Fsp3) is 0.786. The molecule has 1 fully saturated rings. The average Bonchev–Trinajstić information content (AvgIpc) is 2.77. The molecule has 118 valence electrons. The lowest BCUT2D eigenvalue weighted by Gasteiger charge is -2.38. The third kappa shape index (κ3) is 2.88. The summed E-state index contributed by atoms with van der Waals surface area (Å²) in [6.07, 6.45) is 2.08. The van der Waals surface area contributed by atoms with Crippen molar-refractivity contribution < 1.29 is 4.92 Å². The summed E-state index contributed by atoms with van der Waals surface area (Å²) >= 11 is 0. The van der Waals surface area contributed by atoms with E-state index < -0.39 is 0 Å². The van der Waals surface area contributed by atoms with E-state index in [-0.39, 0.29) is 22.6 Å². The third-order valence-corrected chi connectivity index (χ3v) is 4.33. The number of nitrogens with zero attached hydrogens (tertiary/aromatic N) is 4. The maximum Gasteiger partial charge on any atom is 0.334 e. The third-order valence-electron chi connectivity index (χ3n) is 4.33. The summed E-state index contributed by atoms with van der Waals surface area (Å²) in [6, 6.07) is 0.266. The van der Waals surface area contributed by atoms with E-state index >= 15 is 0 Å². The first-order chi connectivity index (χ1) is 9.86. The van der Waals surface area contributed by atoms with Gasteiger partial charge in [0.2, 0.25) is 5.82 Å². The van der Waals surface area contributed by atoms with Crippen molar-refractivity contribution in [2.45, 2.75) is 45.6 Å². The first-order valence-electron chi connectivity index (χ1n) is 7.54. The Hall–Kier alpha value is -1.63. The molecular weight excluding hydrogens is 270 g/mol. The first-order valence-corrected chi connectivity index (χ1v) is 7.54. The predicted molar refractivity (Wildman–Crippen MR) is 82.5 cm³/mol. The molecule has 0 bridgehead atoms. The minimum absolute atomic E-state index is 0.0238. The van der Waals surface area contributed by atoms with Gasteiger partial charge in [-0.2, -0.15) is 5.10 Å². The van der Waals surface area contributed by atoms with Crippen molar-refractivity contribution in [2.24, 2.45) is 18.7 Å². The maximum atomic E-state index is 11.6. The van der Waals surface area contributed by atoms with E-state index in [2.05, 4.69) is 16.9 Å². The molecule has 0 saturated carbocycles. The molecule has 1 aromatic rings. The van der Waals surface area contributed by atoms with Crippen molar-refractivity contribution in [2.75, 3.05) is 18.0 Å². The van der Waals surface area contributed by atoms with Crippen LogP contribution >= 0.6 is 0 Å². The second-order valence-corrected chi connectivity index (χ2v) is 6.27. The van der Waals surface area contributed by atoms with E-state index in [0.717, 1.165) is 19.4 Å². The van der Waals surface area contributed by atoms with E-state index in [1.165, 1.54) is 0 Å². The normalized spacial score (nSPS) is 22.9. The Morgan fingerprint density at radius 2 is 2.14 bits per heavy atom. The average molecular weight is 295 g/mol. The van der Waals surface area contributed by atoms with Crippen LogP contribution in [0.15, 0.2) is 0 Å². The number of nitro groups is 1. The summed E-state index contributed by atoms with van der Waals surface area (Å²) in [4.78, 5) is 13.4. The smallest absolute Gasteiger partial charge is 0.334 e. The largest absolute Gasteiger partial charge is 0.348 e. The molecule has 0 aromatic carbocycles. The highest BCUT2D eigenvalue weighted by Gasteiger charge is 2.36. The van der Waals surface area contributed by atoms with Crippen LogP contribution in [0.25, 0.3) is 0 Å². The molecule has 0 aliphatic carbocycles. The number of anilines is 1. The van der Waals surface area contributed by atoms with Crippen LogP contribution in [-0.4, -0.2) is 33.8 Å². The van der Waals surface area contributed by atoms with Gasteiger partial charge in [-0.25, -0.2) is 4.68 Å². The lowest BCUT2D eigenvalue weighted by atomic mass is 9.93. The van der Waals surface area contributed by atoms with Gasteiger partial charge in [0, 0.05) is 25.6 Å². The Morgan fingerprint density at radius 3 is 2.67 bits per heavy atom. The Kier molecular flexibility index (Phi) is 4.51. The highest BCUT2D eigenvalue weighted by atomic mass is 16.6. The second kappa shape index (κ2) is 6.01. The summed E-state index contributed by atoms with van der Waals surface area (Å²) < 4.78 is 1.66. The van der Waals surface area contributed by atoms with Crippen LogP contribution < -0.4 is 10.6 Å². The van der Waals surface area contributed by atoms with Gasteiger partial charge in [-0.05, 0) is 32.2 Å². The zero-order valence-electron chi connectivity index (χ0n) is 13.2. The monoisotopic (exact) mass is 295 g/mol.